The van der Waals surface area contributed by atoms with Crippen LogP contribution in [-0.2, 0) is 14.6 Å². The predicted octanol–water partition coefficient (Wildman–Crippen LogP) is 3.34. The zero-order valence-electron chi connectivity index (χ0n) is 16.2. The molecule has 0 saturated heterocycles. The van der Waals surface area contributed by atoms with E-state index in [2.05, 4.69) is 15.5 Å². The first-order valence-corrected chi connectivity index (χ1v) is 11.6. The normalized spacial score (nSPS) is 11.6. The molecular weight excluding hydrogens is 480 g/mol. The van der Waals surface area contributed by atoms with Crippen molar-refractivity contribution < 1.29 is 27.2 Å². The first-order chi connectivity index (χ1) is 15.2. The van der Waals surface area contributed by atoms with Crippen LogP contribution in [0.2, 0.25) is 5.02 Å². The van der Waals surface area contributed by atoms with Crippen molar-refractivity contribution in [3.8, 4) is 11.8 Å². The largest absolute Gasteiger partial charge is 0.457 e. The van der Waals surface area contributed by atoms with Crippen LogP contribution in [0, 0.1) is 11.3 Å². The summed E-state index contributed by atoms with van der Waals surface area (Å²) in [7, 11) is -3.56. The Labute approximate surface area is 191 Å². The van der Waals surface area contributed by atoms with E-state index in [-0.39, 0.29) is 37.3 Å². The van der Waals surface area contributed by atoms with Crippen LogP contribution >= 0.6 is 22.9 Å². The minimum Gasteiger partial charge on any atom is -0.457 e. The van der Waals surface area contributed by atoms with Crippen LogP contribution in [0.4, 0.5) is 5.13 Å². The molecular formula is C19H13ClN4O6S2. The van der Waals surface area contributed by atoms with Gasteiger partial charge in [-0.15, -0.1) is 10.2 Å². The number of anilines is 1. The minimum atomic E-state index is -3.56. The number of hydrogen-bond donors (Lipinski definition) is 1. The van der Waals surface area contributed by atoms with Gasteiger partial charge in [0, 0.05) is 0 Å². The Morgan fingerprint density at radius 2 is 2.12 bits per heavy atom. The number of nitrogens with one attached hydrogen (secondary N) is 1. The lowest BCUT2D eigenvalue weighted by molar-refractivity contribution is -0.112. The van der Waals surface area contributed by atoms with Crippen molar-refractivity contribution in [3.63, 3.8) is 0 Å². The first kappa shape index (κ1) is 23.1. The van der Waals surface area contributed by atoms with Crippen LogP contribution in [0.25, 0.3) is 6.08 Å². The lowest BCUT2D eigenvalue weighted by Gasteiger charge is -2.06. The predicted molar refractivity (Wildman–Crippen MR) is 115 cm³/mol. The van der Waals surface area contributed by atoms with Crippen LogP contribution in [0.1, 0.15) is 23.0 Å². The second-order valence-electron chi connectivity index (χ2n) is 5.96. The summed E-state index contributed by atoms with van der Waals surface area (Å²) in [6.45, 7) is 1.46. The van der Waals surface area contributed by atoms with Gasteiger partial charge in [0.05, 0.1) is 17.0 Å². The molecule has 0 spiro atoms. The second-order valence-corrected chi connectivity index (χ2v) is 9.79. The van der Waals surface area contributed by atoms with E-state index in [1.165, 1.54) is 49.6 Å². The van der Waals surface area contributed by atoms with E-state index in [9.17, 15) is 23.3 Å². The van der Waals surface area contributed by atoms with Crippen molar-refractivity contribution in [1.29, 1.82) is 5.26 Å². The summed E-state index contributed by atoms with van der Waals surface area (Å²) in [4.78, 5) is 24.3. The molecule has 3 rings (SSSR count). The Morgan fingerprint density at radius 1 is 1.34 bits per heavy atom. The topological polar surface area (TPSA) is 152 Å². The van der Waals surface area contributed by atoms with E-state index >= 15 is 0 Å². The highest BCUT2D eigenvalue weighted by Crippen LogP contribution is 2.28. The van der Waals surface area contributed by atoms with Crippen molar-refractivity contribution in [2.75, 3.05) is 11.1 Å². The van der Waals surface area contributed by atoms with Gasteiger partial charge in [-0.2, -0.15) is 5.26 Å². The number of esters is 1. The summed E-state index contributed by atoms with van der Waals surface area (Å²) >= 11 is 6.82. The fourth-order valence-electron chi connectivity index (χ4n) is 2.22. The maximum atomic E-state index is 12.4. The highest BCUT2D eigenvalue weighted by molar-refractivity contribution is 7.93. The number of ether oxygens (including phenoxy) is 1. The molecule has 0 aliphatic heterocycles. The van der Waals surface area contributed by atoms with Gasteiger partial charge in [-0.1, -0.05) is 35.9 Å². The Balaban J connectivity index is 1.74. The van der Waals surface area contributed by atoms with Gasteiger partial charge < -0.3 is 9.15 Å². The van der Waals surface area contributed by atoms with Crippen molar-refractivity contribution in [1.82, 2.24) is 10.2 Å². The Morgan fingerprint density at radius 3 is 2.75 bits per heavy atom. The smallest absolute Gasteiger partial charge is 0.379 e. The number of sulfone groups is 1. The van der Waals surface area contributed by atoms with Gasteiger partial charge in [0.2, 0.25) is 25.1 Å². The Bertz CT molecular complexity index is 1340. The van der Waals surface area contributed by atoms with Gasteiger partial charge in [-0.3, -0.25) is 10.1 Å². The molecule has 1 amide bonds. The molecule has 32 heavy (non-hydrogen) atoms. The van der Waals surface area contributed by atoms with E-state index in [0.717, 1.165) is 0 Å². The summed E-state index contributed by atoms with van der Waals surface area (Å²) in [6.07, 6.45) is 2.58. The third-order valence-electron chi connectivity index (χ3n) is 3.83. The molecule has 0 radical (unpaired) electrons. The van der Waals surface area contributed by atoms with Gasteiger partial charge >= 0.3 is 5.97 Å². The molecule has 10 nitrogen and oxygen atoms in total. The average molecular weight is 493 g/mol. The average Bonchev–Trinajstić information content (AvgIpc) is 3.46. The number of amides is 1. The van der Waals surface area contributed by atoms with E-state index < -0.39 is 21.7 Å². The number of hydrogen-bond acceptors (Lipinski definition) is 10. The van der Waals surface area contributed by atoms with Crippen molar-refractivity contribution >= 4 is 55.9 Å². The number of rotatable bonds is 7. The number of benzene rings is 1. The molecule has 0 atom stereocenters. The molecule has 13 heteroatoms. The SMILES string of the molecule is CCS(=O)(=O)c1nnc(NC(=O)/C(C#N)=C\c2ccc(OC(=O)c3ccco3)c(Cl)c2)s1. The van der Waals surface area contributed by atoms with Gasteiger partial charge in [-0.05, 0) is 35.9 Å². The fourth-order valence-corrected chi connectivity index (χ4v) is 4.43. The Kier molecular flexibility index (Phi) is 7.04. The molecule has 0 aliphatic rings. The third kappa shape index (κ3) is 5.38. The van der Waals surface area contributed by atoms with Crippen molar-refractivity contribution in [2.45, 2.75) is 11.3 Å². The maximum Gasteiger partial charge on any atom is 0.379 e. The second kappa shape index (κ2) is 9.73. The van der Waals surface area contributed by atoms with E-state index in [0.29, 0.717) is 16.9 Å². The molecule has 164 valence electrons. The molecule has 0 bridgehead atoms. The van der Waals surface area contributed by atoms with Crippen LogP contribution in [0.3, 0.4) is 0 Å². The molecule has 2 aromatic heterocycles. The molecule has 1 aromatic carbocycles. The highest BCUT2D eigenvalue weighted by atomic mass is 35.5. The fraction of sp³-hybridized carbons (Fsp3) is 0.105. The first-order valence-electron chi connectivity index (χ1n) is 8.78. The zero-order valence-corrected chi connectivity index (χ0v) is 18.6. The van der Waals surface area contributed by atoms with Crippen LogP contribution in [-0.4, -0.2) is 36.2 Å². The summed E-state index contributed by atoms with van der Waals surface area (Å²) in [5, 5.41) is 18.8. The lowest BCUT2D eigenvalue weighted by Crippen LogP contribution is -2.13. The molecule has 3 aromatic rings. The van der Waals surface area contributed by atoms with Gasteiger partial charge in [0.15, 0.2) is 0 Å². The number of nitriles is 1. The maximum absolute atomic E-state index is 12.4. The summed E-state index contributed by atoms with van der Waals surface area (Å²) in [5.41, 5.74) is 0.0857. The van der Waals surface area contributed by atoms with Crippen molar-refractivity contribution in [3.05, 3.63) is 58.5 Å². The zero-order chi connectivity index (χ0) is 23.3. The molecule has 2 heterocycles. The minimum absolute atomic E-state index is 0.0000439. The number of carbonyl (C=O) groups is 2. The molecule has 1 N–H and O–H groups in total. The van der Waals surface area contributed by atoms with Gasteiger partial charge in [-0.25, -0.2) is 13.2 Å². The quantitative estimate of drug-likeness (QED) is 0.172. The summed E-state index contributed by atoms with van der Waals surface area (Å²) in [6, 6.07) is 9.00. The molecule has 0 unspecified atom stereocenters. The number of nitrogens with zero attached hydrogens (tertiary/aromatic N) is 3. The molecule has 0 saturated carbocycles. The number of aromatic nitrogens is 2. The summed E-state index contributed by atoms with van der Waals surface area (Å²) in [5.74, 6) is -1.65. The highest BCUT2D eigenvalue weighted by Gasteiger charge is 2.20. The third-order valence-corrected chi connectivity index (χ3v) is 7.14. The van der Waals surface area contributed by atoms with Crippen LogP contribution in [0.5, 0.6) is 5.75 Å². The summed E-state index contributed by atoms with van der Waals surface area (Å²) < 4.78 is 33.5. The standard InChI is InChI=1S/C19H13ClN4O6S2/c1-2-32(27,28)19-24-23-18(31-19)22-16(25)12(10-21)8-11-5-6-14(13(20)9-11)30-17(26)15-4-3-7-29-15/h3-9H,2H2,1H3,(H,22,23,25)/b12-8-. The lowest BCUT2D eigenvalue weighted by atomic mass is 10.1. The van der Waals surface area contributed by atoms with E-state index in [1.54, 1.807) is 6.07 Å². The van der Waals surface area contributed by atoms with Crippen molar-refractivity contribution in [2.24, 2.45) is 0 Å². The van der Waals surface area contributed by atoms with Gasteiger partial charge in [0.1, 0.15) is 17.4 Å². The van der Waals surface area contributed by atoms with Gasteiger partial charge in [0.25, 0.3) is 5.91 Å². The number of carbonyl (C=O) groups excluding carboxylic acids is 2. The number of halogens is 1. The van der Waals surface area contributed by atoms with Crippen LogP contribution in [0.15, 0.2) is 50.9 Å². The van der Waals surface area contributed by atoms with E-state index in [4.69, 9.17) is 20.8 Å². The molecule has 0 aliphatic carbocycles. The molecule has 0 fully saturated rings. The monoisotopic (exact) mass is 492 g/mol. The Hall–Kier alpha value is -3.53. The van der Waals surface area contributed by atoms with E-state index in [1.807, 2.05) is 0 Å². The van der Waals surface area contributed by atoms with Crippen LogP contribution < -0.4 is 10.1 Å². The number of furan rings is 1.